The Morgan fingerprint density at radius 2 is 2.19 bits per heavy atom. The van der Waals surface area contributed by atoms with Crippen molar-refractivity contribution in [3.63, 3.8) is 0 Å². The molecule has 3 heterocycles. The summed E-state index contributed by atoms with van der Waals surface area (Å²) >= 11 is 0. The van der Waals surface area contributed by atoms with E-state index >= 15 is 0 Å². The molecule has 1 saturated heterocycles. The number of nitrogens with one attached hydrogen (secondary N) is 2. The number of aryl methyl sites for hydroxylation is 1. The smallest absolute Gasteiger partial charge is 0.259 e. The van der Waals surface area contributed by atoms with Crippen molar-refractivity contribution in [2.45, 2.75) is 25.3 Å². The van der Waals surface area contributed by atoms with Crippen LogP contribution in [0.1, 0.15) is 28.9 Å². The van der Waals surface area contributed by atoms with Gasteiger partial charge in [-0.2, -0.15) is 0 Å². The first-order valence-electron chi connectivity index (χ1n) is 9.02. The van der Waals surface area contributed by atoms with Crippen molar-refractivity contribution >= 4 is 17.0 Å². The van der Waals surface area contributed by atoms with Crippen LogP contribution in [0.3, 0.4) is 0 Å². The molecule has 6 nitrogen and oxygen atoms in total. The Morgan fingerprint density at radius 3 is 2.92 bits per heavy atom. The Kier molecular flexibility index (Phi) is 3.37. The normalized spacial score (nSPS) is 24.3. The molecule has 5 rings (SSSR count). The summed E-state index contributed by atoms with van der Waals surface area (Å²) in [5.74, 6) is 0.454. The first-order valence-corrected chi connectivity index (χ1v) is 9.02. The average molecular weight is 348 g/mol. The zero-order chi connectivity index (χ0) is 17.7. The van der Waals surface area contributed by atoms with Crippen molar-refractivity contribution in [1.82, 2.24) is 20.8 Å². The molecule has 0 bridgehead atoms. The van der Waals surface area contributed by atoms with Crippen LogP contribution < -0.4 is 10.6 Å². The second-order valence-corrected chi connectivity index (χ2v) is 7.35. The minimum absolute atomic E-state index is 0.0747. The molecule has 3 aromatic rings. The molecule has 1 aliphatic heterocycles. The van der Waals surface area contributed by atoms with E-state index in [1.807, 2.05) is 43.3 Å². The van der Waals surface area contributed by atoms with Gasteiger partial charge in [-0.15, -0.1) is 0 Å². The number of aromatic nitrogens is 2. The molecule has 0 radical (unpaired) electrons. The fourth-order valence-corrected chi connectivity index (χ4v) is 4.23. The number of carbonyl (C=O) groups is 1. The van der Waals surface area contributed by atoms with Gasteiger partial charge in [0.1, 0.15) is 0 Å². The van der Waals surface area contributed by atoms with E-state index in [-0.39, 0.29) is 11.4 Å². The highest BCUT2D eigenvalue weighted by atomic mass is 16.5. The number of hydrogen-bond acceptors (Lipinski definition) is 5. The van der Waals surface area contributed by atoms with Crippen molar-refractivity contribution in [3.05, 3.63) is 47.7 Å². The van der Waals surface area contributed by atoms with Crippen LogP contribution in [0.2, 0.25) is 0 Å². The molecule has 1 saturated carbocycles. The molecular weight excluding hydrogens is 328 g/mol. The predicted octanol–water partition coefficient (Wildman–Crippen LogP) is 2.68. The Labute approximate surface area is 151 Å². The molecule has 2 aromatic heterocycles. The Balaban J connectivity index is 1.59. The minimum atomic E-state index is -0.106. The molecule has 2 N–H and O–H groups in total. The van der Waals surface area contributed by atoms with Crippen LogP contribution in [0.25, 0.3) is 22.4 Å². The third kappa shape index (κ3) is 2.25. The summed E-state index contributed by atoms with van der Waals surface area (Å²) in [7, 11) is 0. The van der Waals surface area contributed by atoms with Crippen LogP contribution in [0, 0.1) is 12.8 Å². The molecule has 2 fully saturated rings. The molecule has 0 unspecified atom stereocenters. The van der Waals surface area contributed by atoms with E-state index in [0.717, 1.165) is 25.1 Å². The Hall–Kier alpha value is -2.73. The van der Waals surface area contributed by atoms with Gasteiger partial charge in [-0.25, -0.2) is 4.98 Å². The van der Waals surface area contributed by atoms with Crippen LogP contribution in [0.5, 0.6) is 0 Å². The molecule has 2 atom stereocenters. The maximum atomic E-state index is 13.2. The summed E-state index contributed by atoms with van der Waals surface area (Å²) in [6.07, 6.45) is 2.19. The van der Waals surface area contributed by atoms with Gasteiger partial charge >= 0.3 is 0 Å². The van der Waals surface area contributed by atoms with E-state index < -0.39 is 0 Å². The summed E-state index contributed by atoms with van der Waals surface area (Å²) in [5, 5.41) is 11.4. The second-order valence-electron chi connectivity index (χ2n) is 7.35. The number of nitrogens with zero attached hydrogens (tertiary/aromatic N) is 2. The van der Waals surface area contributed by atoms with E-state index in [2.05, 4.69) is 20.8 Å². The van der Waals surface area contributed by atoms with Crippen molar-refractivity contribution < 1.29 is 9.32 Å². The third-order valence-electron chi connectivity index (χ3n) is 5.85. The Bertz CT molecular complexity index is 998. The summed E-state index contributed by atoms with van der Waals surface area (Å²) < 4.78 is 5.38. The maximum Gasteiger partial charge on any atom is 0.259 e. The lowest BCUT2D eigenvalue weighted by Gasteiger charge is -2.44. The van der Waals surface area contributed by atoms with Gasteiger partial charge in [-0.3, -0.25) is 4.79 Å². The SMILES string of the molecule is Cc1noc2nc(-c3ccccc3)cc(C(=O)N[C@]34CC[C@H]3CNC4)c12. The highest BCUT2D eigenvalue weighted by molar-refractivity contribution is 6.07. The van der Waals surface area contributed by atoms with Gasteiger partial charge in [0.2, 0.25) is 0 Å². The zero-order valence-corrected chi connectivity index (χ0v) is 14.6. The average Bonchev–Trinajstić information content (AvgIpc) is 3.16. The largest absolute Gasteiger partial charge is 0.345 e. The molecule has 6 heteroatoms. The standard InChI is InChI=1S/C20H20N4O2/c1-12-17-15(18(25)23-20-8-7-14(20)10-21-11-20)9-16(22-19(17)26-24-12)13-5-3-2-4-6-13/h2-6,9,14,21H,7-8,10-11H2,1H3,(H,23,25)/t14-,20-/m0/s1. The van der Waals surface area contributed by atoms with Gasteiger partial charge < -0.3 is 15.2 Å². The minimum Gasteiger partial charge on any atom is -0.345 e. The van der Waals surface area contributed by atoms with Gasteiger partial charge in [0.05, 0.1) is 27.9 Å². The molecule has 1 aliphatic carbocycles. The van der Waals surface area contributed by atoms with Gasteiger partial charge in [0, 0.05) is 18.7 Å². The van der Waals surface area contributed by atoms with Crippen LogP contribution >= 0.6 is 0 Å². The van der Waals surface area contributed by atoms with E-state index in [0.29, 0.717) is 34.0 Å². The topological polar surface area (TPSA) is 80.0 Å². The number of hydrogen-bond donors (Lipinski definition) is 2. The number of pyridine rings is 1. The van der Waals surface area contributed by atoms with Gasteiger partial charge in [0.25, 0.3) is 11.6 Å². The Morgan fingerprint density at radius 1 is 1.35 bits per heavy atom. The van der Waals surface area contributed by atoms with Crippen LogP contribution in [-0.4, -0.2) is 34.7 Å². The first-order chi connectivity index (χ1) is 12.7. The predicted molar refractivity (Wildman–Crippen MR) is 97.8 cm³/mol. The number of amides is 1. The summed E-state index contributed by atoms with van der Waals surface area (Å²) in [6.45, 7) is 3.66. The van der Waals surface area contributed by atoms with Crippen molar-refractivity contribution in [2.24, 2.45) is 5.92 Å². The molecule has 2 aliphatic rings. The number of fused-ring (bicyclic) bond motifs is 2. The molecule has 1 aromatic carbocycles. The van der Waals surface area contributed by atoms with Crippen LogP contribution in [0.4, 0.5) is 0 Å². The molecule has 26 heavy (non-hydrogen) atoms. The van der Waals surface area contributed by atoms with Crippen molar-refractivity contribution in [3.8, 4) is 11.3 Å². The molecule has 1 amide bonds. The highest BCUT2D eigenvalue weighted by Gasteiger charge is 2.51. The lowest BCUT2D eigenvalue weighted by Crippen LogP contribution is -2.60. The van der Waals surface area contributed by atoms with Crippen LogP contribution in [-0.2, 0) is 0 Å². The fourth-order valence-electron chi connectivity index (χ4n) is 4.23. The maximum absolute atomic E-state index is 13.2. The second kappa shape index (κ2) is 5.64. The lowest BCUT2D eigenvalue weighted by molar-refractivity contribution is 0.0766. The summed E-state index contributed by atoms with van der Waals surface area (Å²) in [5.41, 5.74) is 3.22. The monoisotopic (exact) mass is 348 g/mol. The zero-order valence-electron chi connectivity index (χ0n) is 14.6. The number of carbonyl (C=O) groups excluding carboxylic acids is 1. The van der Waals surface area contributed by atoms with Crippen LogP contribution in [0.15, 0.2) is 40.9 Å². The summed E-state index contributed by atoms with van der Waals surface area (Å²) in [6, 6.07) is 11.7. The van der Waals surface area contributed by atoms with Gasteiger partial charge in [-0.1, -0.05) is 35.5 Å². The van der Waals surface area contributed by atoms with E-state index in [1.165, 1.54) is 6.42 Å². The van der Waals surface area contributed by atoms with E-state index in [9.17, 15) is 4.79 Å². The third-order valence-corrected chi connectivity index (χ3v) is 5.85. The number of rotatable bonds is 3. The van der Waals surface area contributed by atoms with Crippen molar-refractivity contribution in [1.29, 1.82) is 0 Å². The summed E-state index contributed by atoms with van der Waals surface area (Å²) in [4.78, 5) is 17.8. The fraction of sp³-hybridized carbons (Fsp3) is 0.350. The molecular formula is C20H20N4O2. The van der Waals surface area contributed by atoms with Gasteiger partial charge in [0.15, 0.2) is 0 Å². The highest BCUT2D eigenvalue weighted by Crippen LogP contribution is 2.41. The van der Waals surface area contributed by atoms with Gasteiger partial charge in [-0.05, 0) is 31.7 Å². The van der Waals surface area contributed by atoms with Crippen molar-refractivity contribution in [2.75, 3.05) is 13.1 Å². The molecule has 132 valence electrons. The lowest BCUT2D eigenvalue weighted by atomic mass is 9.69. The quantitative estimate of drug-likeness (QED) is 0.761. The van der Waals surface area contributed by atoms with E-state index in [4.69, 9.17) is 4.52 Å². The number of benzene rings is 1. The first kappa shape index (κ1) is 15.5. The van der Waals surface area contributed by atoms with E-state index in [1.54, 1.807) is 0 Å². The molecule has 0 spiro atoms.